The fraction of sp³-hybridized carbons (Fsp3) is 0.400. The van der Waals surface area contributed by atoms with E-state index in [4.69, 9.17) is 0 Å². The third kappa shape index (κ3) is 4.28. The summed E-state index contributed by atoms with van der Waals surface area (Å²) in [6.45, 7) is 6.15. The Labute approximate surface area is 152 Å². The third-order valence-corrected chi connectivity index (χ3v) is 5.56. The van der Waals surface area contributed by atoms with E-state index in [1.165, 1.54) is 21.8 Å². The van der Waals surface area contributed by atoms with Gasteiger partial charge in [0.25, 0.3) is 5.91 Å². The molecule has 4 nitrogen and oxygen atoms in total. The zero-order valence-corrected chi connectivity index (χ0v) is 15.8. The minimum atomic E-state index is -0.0933. The van der Waals surface area contributed by atoms with E-state index < -0.39 is 0 Å². The molecule has 25 heavy (non-hydrogen) atoms. The van der Waals surface area contributed by atoms with E-state index in [0.29, 0.717) is 0 Å². The van der Waals surface area contributed by atoms with E-state index >= 15 is 0 Å². The maximum Gasteiger partial charge on any atom is 0.265 e. The molecule has 1 aliphatic rings. The number of benzene rings is 1. The first-order valence-electron chi connectivity index (χ1n) is 8.80. The van der Waals surface area contributed by atoms with Crippen LogP contribution >= 0.6 is 11.3 Å². The lowest BCUT2D eigenvalue weighted by Crippen LogP contribution is -2.15. The highest BCUT2D eigenvalue weighted by Gasteiger charge is 2.29. The number of amides is 2. The monoisotopic (exact) mass is 356 g/mol. The molecular formula is C20H24N2O2S. The molecule has 3 rings (SSSR count). The summed E-state index contributed by atoms with van der Waals surface area (Å²) in [5, 5.41) is 5.91. The molecule has 2 aromatic rings. The molecule has 132 valence electrons. The summed E-state index contributed by atoms with van der Waals surface area (Å²) >= 11 is 1.53. The van der Waals surface area contributed by atoms with E-state index in [2.05, 4.69) is 24.5 Å². The van der Waals surface area contributed by atoms with E-state index in [1.807, 2.05) is 31.2 Å². The SMILES string of the molecule is CCCc1cc(C(=O)Nc2cc(NC(=O)C3CC3)ccc2C)sc1C. The molecule has 2 N–H and O–H groups in total. The topological polar surface area (TPSA) is 58.2 Å². The molecule has 0 spiro atoms. The van der Waals surface area contributed by atoms with Gasteiger partial charge in [0.1, 0.15) is 0 Å². The highest BCUT2D eigenvalue weighted by atomic mass is 32.1. The molecule has 1 saturated carbocycles. The van der Waals surface area contributed by atoms with Gasteiger partial charge in [-0.15, -0.1) is 11.3 Å². The molecule has 0 atom stereocenters. The molecule has 0 unspecified atom stereocenters. The van der Waals surface area contributed by atoms with Gasteiger partial charge in [-0.2, -0.15) is 0 Å². The Kier molecular flexibility index (Phi) is 5.23. The Hall–Kier alpha value is -2.14. The number of rotatable bonds is 6. The molecule has 0 radical (unpaired) electrons. The lowest BCUT2D eigenvalue weighted by Gasteiger charge is -2.11. The van der Waals surface area contributed by atoms with Crippen LogP contribution in [0.2, 0.25) is 0 Å². The molecule has 1 heterocycles. The second-order valence-electron chi connectivity index (χ2n) is 6.69. The molecule has 5 heteroatoms. The molecule has 0 aliphatic heterocycles. The Morgan fingerprint density at radius 3 is 2.60 bits per heavy atom. The van der Waals surface area contributed by atoms with Gasteiger partial charge in [-0.3, -0.25) is 9.59 Å². The van der Waals surface area contributed by atoms with Crippen LogP contribution in [0.15, 0.2) is 24.3 Å². The predicted octanol–water partition coefficient (Wildman–Crippen LogP) is 4.92. The maximum absolute atomic E-state index is 12.6. The molecule has 0 saturated heterocycles. The normalized spacial score (nSPS) is 13.6. The zero-order valence-electron chi connectivity index (χ0n) is 14.9. The fourth-order valence-corrected chi connectivity index (χ4v) is 3.72. The number of aryl methyl sites for hydroxylation is 3. The highest BCUT2D eigenvalue weighted by Crippen LogP contribution is 2.31. The van der Waals surface area contributed by atoms with Crippen LogP contribution in [0.1, 0.15) is 51.9 Å². The predicted molar refractivity (Wildman–Crippen MR) is 104 cm³/mol. The first kappa shape index (κ1) is 17.7. The number of hydrogen-bond donors (Lipinski definition) is 2. The summed E-state index contributed by atoms with van der Waals surface area (Å²) in [5.74, 6) is 0.133. The van der Waals surface area contributed by atoms with Crippen molar-refractivity contribution in [3.8, 4) is 0 Å². The number of carbonyl (C=O) groups is 2. The van der Waals surface area contributed by atoms with Crippen molar-refractivity contribution < 1.29 is 9.59 Å². The smallest absolute Gasteiger partial charge is 0.265 e. The van der Waals surface area contributed by atoms with Gasteiger partial charge in [-0.05, 0) is 62.4 Å². The minimum absolute atomic E-state index is 0.0687. The molecular weight excluding hydrogens is 332 g/mol. The van der Waals surface area contributed by atoms with Gasteiger partial charge in [-0.25, -0.2) is 0 Å². The second-order valence-corrected chi connectivity index (χ2v) is 7.95. The van der Waals surface area contributed by atoms with Crippen LogP contribution in [0.3, 0.4) is 0 Å². The van der Waals surface area contributed by atoms with Gasteiger partial charge in [0.15, 0.2) is 0 Å². The van der Waals surface area contributed by atoms with Gasteiger partial charge in [0.2, 0.25) is 5.91 Å². The number of thiophene rings is 1. The van der Waals surface area contributed by atoms with Crippen molar-refractivity contribution in [2.24, 2.45) is 5.92 Å². The van der Waals surface area contributed by atoms with Crippen LogP contribution in [-0.4, -0.2) is 11.8 Å². The van der Waals surface area contributed by atoms with Crippen molar-refractivity contribution in [3.05, 3.63) is 45.1 Å². The van der Waals surface area contributed by atoms with Crippen molar-refractivity contribution in [3.63, 3.8) is 0 Å². The van der Waals surface area contributed by atoms with Crippen LogP contribution < -0.4 is 10.6 Å². The van der Waals surface area contributed by atoms with E-state index in [1.54, 1.807) is 0 Å². The molecule has 2 amide bonds. The van der Waals surface area contributed by atoms with Gasteiger partial charge in [0, 0.05) is 22.2 Å². The van der Waals surface area contributed by atoms with Crippen molar-refractivity contribution >= 4 is 34.5 Å². The van der Waals surface area contributed by atoms with Crippen LogP contribution in [0.5, 0.6) is 0 Å². The van der Waals surface area contributed by atoms with Crippen molar-refractivity contribution in [1.29, 1.82) is 0 Å². The Balaban J connectivity index is 1.73. The molecule has 1 fully saturated rings. The number of hydrogen-bond acceptors (Lipinski definition) is 3. The standard InChI is InChI=1S/C20H24N2O2S/c1-4-5-15-10-18(25-13(15)3)20(24)22-17-11-16(9-6-12(17)2)21-19(23)14-7-8-14/h6,9-11,14H,4-5,7-8H2,1-3H3,(H,21,23)(H,22,24). The van der Waals surface area contributed by atoms with Gasteiger partial charge >= 0.3 is 0 Å². The van der Waals surface area contributed by atoms with Crippen LogP contribution in [0.25, 0.3) is 0 Å². The Morgan fingerprint density at radius 2 is 1.92 bits per heavy atom. The number of carbonyl (C=O) groups excluding carboxylic acids is 2. The fourth-order valence-electron chi connectivity index (χ4n) is 2.76. The van der Waals surface area contributed by atoms with E-state index in [0.717, 1.165) is 47.5 Å². The zero-order chi connectivity index (χ0) is 18.0. The maximum atomic E-state index is 12.6. The average molecular weight is 356 g/mol. The highest BCUT2D eigenvalue weighted by molar-refractivity contribution is 7.14. The van der Waals surface area contributed by atoms with Crippen molar-refractivity contribution in [2.45, 2.75) is 46.5 Å². The van der Waals surface area contributed by atoms with E-state index in [-0.39, 0.29) is 17.7 Å². The van der Waals surface area contributed by atoms with Gasteiger partial charge < -0.3 is 10.6 Å². The lowest BCUT2D eigenvalue weighted by molar-refractivity contribution is -0.117. The lowest BCUT2D eigenvalue weighted by atomic mass is 10.1. The average Bonchev–Trinajstić information content (AvgIpc) is 3.36. The Morgan fingerprint density at radius 1 is 1.16 bits per heavy atom. The number of nitrogens with one attached hydrogen (secondary N) is 2. The summed E-state index contributed by atoms with van der Waals surface area (Å²) in [6.07, 6.45) is 4.01. The summed E-state index contributed by atoms with van der Waals surface area (Å²) in [4.78, 5) is 26.5. The minimum Gasteiger partial charge on any atom is -0.326 e. The Bertz CT molecular complexity index is 806. The molecule has 1 aromatic heterocycles. The van der Waals surface area contributed by atoms with Crippen LogP contribution in [0, 0.1) is 19.8 Å². The molecule has 1 aliphatic carbocycles. The number of anilines is 2. The van der Waals surface area contributed by atoms with Gasteiger partial charge in [-0.1, -0.05) is 19.4 Å². The molecule has 1 aromatic carbocycles. The summed E-state index contributed by atoms with van der Waals surface area (Å²) in [5.41, 5.74) is 3.69. The van der Waals surface area contributed by atoms with Gasteiger partial charge in [0.05, 0.1) is 4.88 Å². The van der Waals surface area contributed by atoms with E-state index in [9.17, 15) is 9.59 Å². The third-order valence-electron chi connectivity index (χ3n) is 4.47. The van der Waals surface area contributed by atoms with Crippen molar-refractivity contribution in [1.82, 2.24) is 0 Å². The first-order valence-corrected chi connectivity index (χ1v) is 9.61. The van der Waals surface area contributed by atoms with Crippen molar-refractivity contribution in [2.75, 3.05) is 10.6 Å². The summed E-state index contributed by atoms with van der Waals surface area (Å²) in [6, 6.07) is 7.62. The second kappa shape index (κ2) is 7.40. The molecule has 0 bridgehead atoms. The first-order chi connectivity index (χ1) is 12.0. The summed E-state index contributed by atoms with van der Waals surface area (Å²) in [7, 11) is 0. The van der Waals surface area contributed by atoms with Crippen LogP contribution in [-0.2, 0) is 11.2 Å². The summed E-state index contributed by atoms with van der Waals surface area (Å²) < 4.78 is 0. The largest absolute Gasteiger partial charge is 0.326 e. The quantitative estimate of drug-likeness (QED) is 0.772. The van der Waals surface area contributed by atoms with Crippen LogP contribution in [0.4, 0.5) is 11.4 Å².